The van der Waals surface area contributed by atoms with Crippen molar-refractivity contribution in [1.82, 2.24) is 5.32 Å². The number of unbranched alkanes of at least 4 members (excludes halogenated alkanes) is 2. The predicted molar refractivity (Wildman–Crippen MR) is 87.8 cm³/mol. The van der Waals surface area contributed by atoms with Crippen LogP contribution in [0.3, 0.4) is 0 Å². The summed E-state index contributed by atoms with van der Waals surface area (Å²) in [7, 11) is 0. The van der Waals surface area contributed by atoms with Crippen LogP contribution in [0.2, 0.25) is 0 Å². The van der Waals surface area contributed by atoms with Crippen molar-refractivity contribution in [2.75, 3.05) is 19.8 Å². The minimum Gasteiger partial charge on any atom is -0.493 e. The molecule has 3 heteroatoms. The molecule has 2 rings (SSSR count). The Morgan fingerprint density at radius 1 is 1.10 bits per heavy atom. The zero-order chi connectivity index (χ0) is 14.9. The van der Waals surface area contributed by atoms with E-state index in [0.717, 1.165) is 18.8 Å². The molecule has 21 heavy (non-hydrogen) atoms. The molecule has 3 nitrogen and oxygen atoms in total. The third kappa shape index (κ3) is 4.45. The van der Waals surface area contributed by atoms with Crippen LogP contribution < -0.4 is 10.1 Å². The van der Waals surface area contributed by atoms with Crippen LogP contribution in [0.15, 0.2) is 36.4 Å². The molecule has 0 saturated heterocycles. The summed E-state index contributed by atoms with van der Waals surface area (Å²) in [6, 6.07) is 12.5. The second kappa shape index (κ2) is 8.65. The Morgan fingerprint density at radius 3 is 2.76 bits per heavy atom. The zero-order valence-electron chi connectivity index (χ0n) is 12.8. The van der Waals surface area contributed by atoms with Gasteiger partial charge in [-0.2, -0.15) is 0 Å². The van der Waals surface area contributed by atoms with Crippen molar-refractivity contribution < 1.29 is 9.84 Å². The number of rotatable bonds is 9. The number of benzene rings is 2. The lowest BCUT2D eigenvalue weighted by Crippen LogP contribution is -2.18. The van der Waals surface area contributed by atoms with Gasteiger partial charge in [-0.3, -0.25) is 0 Å². The molecule has 0 saturated carbocycles. The third-order valence-corrected chi connectivity index (χ3v) is 3.59. The molecule has 0 aliphatic heterocycles. The van der Waals surface area contributed by atoms with E-state index in [1.807, 2.05) is 0 Å². The van der Waals surface area contributed by atoms with E-state index < -0.39 is 0 Å². The van der Waals surface area contributed by atoms with Crippen molar-refractivity contribution in [1.29, 1.82) is 0 Å². The number of aliphatic hydroxyl groups is 1. The summed E-state index contributed by atoms with van der Waals surface area (Å²) in [5, 5.41) is 14.6. The highest BCUT2D eigenvalue weighted by molar-refractivity contribution is 5.87. The molecule has 0 spiro atoms. The van der Waals surface area contributed by atoms with Gasteiger partial charge in [0.15, 0.2) is 0 Å². The first kappa shape index (κ1) is 15.8. The minimum atomic E-state index is 0.150. The molecule has 0 aliphatic carbocycles. The number of fused-ring (bicyclic) bond motifs is 1. The second-order valence-corrected chi connectivity index (χ2v) is 5.22. The maximum Gasteiger partial charge on any atom is 0.124 e. The van der Waals surface area contributed by atoms with Gasteiger partial charge >= 0.3 is 0 Å². The molecule has 0 unspecified atom stereocenters. The van der Waals surface area contributed by atoms with Gasteiger partial charge in [-0.05, 0) is 23.3 Å². The molecule has 0 radical (unpaired) electrons. The van der Waals surface area contributed by atoms with Gasteiger partial charge in [0.2, 0.25) is 0 Å². The van der Waals surface area contributed by atoms with E-state index in [4.69, 9.17) is 9.84 Å². The first-order valence-corrected chi connectivity index (χ1v) is 7.81. The molecule has 0 aromatic heterocycles. The summed E-state index contributed by atoms with van der Waals surface area (Å²) in [5.41, 5.74) is 1.18. The summed E-state index contributed by atoms with van der Waals surface area (Å²) in [6.07, 6.45) is 3.49. The van der Waals surface area contributed by atoms with Gasteiger partial charge in [0.05, 0.1) is 13.2 Å². The lowest BCUT2D eigenvalue weighted by molar-refractivity contribution is 0.288. The molecular formula is C18H25NO2. The Hall–Kier alpha value is -1.58. The van der Waals surface area contributed by atoms with Crippen LogP contribution in [0.4, 0.5) is 0 Å². The van der Waals surface area contributed by atoms with Crippen molar-refractivity contribution in [2.45, 2.75) is 32.7 Å². The Balaban J connectivity index is 2.18. The molecule has 0 fully saturated rings. The highest BCUT2D eigenvalue weighted by Gasteiger charge is 2.08. The van der Waals surface area contributed by atoms with Gasteiger partial charge in [-0.25, -0.2) is 0 Å². The first-order chi connectivity index (χ1) is 10.4. The molecule has 0 aliphatic rings. The third-order valence-electron chi connectivity index (χ3n) is 3.59. The molecule has 2 aromatic rings. The fourth-order valence-corrected chi connectivity index (χ4v) is 2.46. The van der Waals surface area contributed by atoms with Gasteiger partial charge in [-0.1, -0.05) is 50.1 Å². The minimum absolute atomic E-state index is 0.150. The monoisotopic (exact) mass is 287 g/mol. The lowest BCUT2D eigenvalue weighted by Gasteiger charge is -2.15. The van der Waals surface area contributed by atoms with E-state index in [0.29, 0.717) is 13.1 Å². The molecule has 2 aromatic carbocycles. The quantitative estimate of drug-likeness (QED) is 0.694. The van der Waals surface area contributed by atoms with Crippen LogP contribution in [-0.2, 0) is 6.54 Å². The predicted octanol–water partition coefficient (Wildman–Crippen LogP) is 3.49. The Bertz CT molecular complexity index is 554. The fraction of sp³-hybridized carbons (Fsp3) is 0.444. The van der Waals surface area contributed by atoms with E-state index in [2.05, 4.69) is 48.6 Å². The smallest absolute Gasteiger partial charge is 0.124 e. The number of ether oxygens (including phenoxy) is 1. The van der Waals surface area contributed by atoms with Crippen molar-refractivity contribution in [3.05, 3.63) is 42.0 Å². The normalized spacial score (nSPS) is 11.0. The Morgan fingerprint density at radius 2 is 1.95 bits per heavy atom. The van der Waals surface area contributed by atoms with Crippen molar-refractivity contribution >= 4 is 10.8 Å². The van der Waals surface area contributed by atoms with Crippen molar-refractivity contribution in [2.24, 2.45) is 0 Å². The number of aliphatic hydroxyl groups excluding tert-OH is 1. The largest absolute Gasteiger partial charge is 0.493 e. The van der Waals surface area contributed by atoms with Crippen LogP contribution in [0.1, 0.15) is 31.7 Å². The summed E-state index contributed by atoms with van der Waals surface area (Å²) >= 11 is 0. The second-order valence-electron chi connectivity index (χ2n) is 5.22. The van der Waals surface area contributed by atoms with Crippen LogP contribution in [-0.4, -0.2) is 24.9 Å². The number of hydrogen-bond donors (Lipinski definition) is 2. The van der Waals surface area contributed by atoms with Crippen LogP contribution in [0.5, 0.6) is 5.75 Å². The summed E-state index contributed by atoms with van der Waals surface area (Å²) in [6.45, 7) is 4.42. The standard InChI is InChI=1S/C18H25NO2/c1-2-3-6-13-21-18-10-9-15-7-4-5-8-16(15)17(18)14-19-11-12-20/h4-5,7-10,19-20H,2-3,6,11-14H2,1H3. The van der Waals surface area contributed by atoms with E-state index in [1.54, 1.807) is 0 Å². The number of nitrogens with one attached hydrogen (secondary N) is 1. The van der Waals surface area contributed by atoms with Gasteiger partial charge in [-0.15, -0.1) is 0 Å². The summed E-state index contributed by atoms with van der Waals surface area (Å²) in [4.78, 5) is 0. The average Bonchev–Trinajstić information content (AvgIpc) is 2.53. The Kier molecular flexibility index (Phi) is 6.51. The van der Waals surface area contributed by atoms with Gasteiger partial charge in [0.25, 0.3) is 0 Å². The van der Waals surface area contributed by atoms with Gasteiger partial charge in [0, 0.05) is 18.7 Å². The molecule has 114 valence electrons. The molecule has 2 N–H and O–H groups in total. The topological polar surface area (TPSA) is 41.5 Å². The fourth-order valence-electron chi connectivity index (χ4n) is 2.46. The molecule has 0 heterocycles. The number of hydrogen-bond acceptors (Lipinski definition) is 3. The summed E-state index contributed by atoms with van der Waals surface area (Å²) < 4.78 is 5.98. The molecular weight excluding hydrogens is 262 g/mol. The maximum absolute atomic E-state index is 8.93. The van der Waals surface area contributed by atoms with Crippen molar-refractivity contribution in [3.63, 3.8) is 0 Å². The van der Waals surface area contributed by atoms with E-state index in [-0.39, 0.29) is 6.61 Å². The van der Waals surface area contributed by atoms with Crippen LogP contribution in [0.25, 0.3) is 10.8 Å². The Labute approximate surface area is 126 Å². The first-order valence-electron chi connectivity index (χ1n) is 7.81. The van der Waals surface area contributed by atoms with Crippen LogP contribution in [0, 0.1) is 0 Å². The van der Waals surface area contributed by atoms with Gasteiger partial charge in [0.1, 0.15) is 5.75 Å². The van der Waals surface area contributed by atoms with E-state index >= 15 is 0 Å². The molecule has 0 bridgehead atoms. The van der Waals surface area contributed by atoms with E-state index in [1.165, 1.54) is 29.2 Å². The average molecular weight is 287 g/mol. The summed E-state index contributed by atoms with van der Waals surface area (Å²) in [5.74, 6) is 0.954. The highest BCUT2D eigenvalue weighted by Crippen LogP contribution is 2.28. The molecule has 0 amide bonds. The van der Waals surface area contributed by atoms with Crippen LogP contribution >= 0.6 is 0 Å². The SMILES string of the molecule is CCCCCOc1ccc2ccccc2c1CNCCO. The molecule has 0 atom stereocenters. The lowest BCUT2D eigenvalue weighted by atomic mass is 10.0. The van der Waals surface area contributed by atoms with Gasteiger partial charge < -0.3 is 15.2 Å². The van der Waals surface area contributed by atoms with E-state index in [9.17, 15) is 0 Å². The van der Waals surface area contributed by atoms with Crippen molar-refractivity contribution in [3.8, 4) is 5.75 Å². The maximum atomic E-state index is 8.93. The zero-order valence-corrected chi connectivity index (χ0v) is 12.8. The highest BCUT2D eigenvalue weighted by atomic mass is 16.5.